The van der Waals surface area contributed by atoms with Gasteiger partial charge in [-0.2, -0.15) is 5.26 Å². The summed E-state index contributed by atoms with van der Waals surface area (Å²) in [5.41, 5.74) is 0.683. The SMILES string of the molecule is N#CC1(Cc2cc(Cl)ccc2Cl)CCNCC1. The lowest BCUT2D eigenvalue weighted by atomic mass is 9.75. The highest BCUT2D eigenvalue weighted by molar-refractivity contribution is 6.33. The van der Waals surface area contributed by atoms with Crippen LogP contribution < -0.4 is 5.32 Å². The third-order valence-corrected chi connectivity index (χ3v) is 3.94. The summed E-state index contributed by atoms with van der Waals surface area (Å²) in [5, 5.41) is 14.1. The molecule has 1 N–H and O–H groups in total. The van der Waals surface area contributed by atoms with E-state index in [1.807, 2.05) is 6.07 Å². The van der Waals surface area contributed by atoms with E-state index >= 15 is 0 Å². The van der Waals surface area contributed by atoms with Gasteiger partial charge >= 0.3 is 0 Å². The van der Waals surface area contributed by atoms with Gasteiger partial charge in [0.2, 0.25) is 0 Å². The van der Waals surface area contributed by atoms with E-state index in [4.69, 9.17) is 23.2 Å². The van der Waals surface area contributed by atoms with E-state index in [0.29, 0.717) is 16.5 Å². The molecule has 0 aliphatic carbocycles. The molecule has 1 aliphatic heterocycles. The first kappa shape index (κ1) is 12.7. The number of nitrogens with zero attached hydrogens (tertiary/aromatic N) is 1. The van der Waals surface area contributed by atoms with E-state index in [1.165, 1.54) is 0 Å². The molecule has 0 unspecified atom stereocenters. The number of hydrogen-bond acceptors (Lipinski definition) is 2. The van der Waals surface area contributed by atoms with Crippen molar-refractivity contribution in [2.45, 2.75) is 19.3 Å². The maximum atomic E-state index is 9.41. The number of nitrogens with one attached hydrogen (secondary N) is 1. The molecule has 0 spiro atoms. The summed E-state index contributed by atoms with van der Waals surface area (Å²) >= 11 is 12.1. The van der Waals surface area contributed by atoms with Crippen molar-refractivity contribution in [3.63, 3.8) is 0 Å². The Bertz CT molecular complexity index is 445. The molecule has 1 aliphatic rings. The van der Waals surface area contributed by atoms with Crippen LogP contribution in [0.15, 0.2) is 18.2 Å². The van der Waals surface area contributed by atoms with Crippen LogP contribution in [-0.2, 0) is 6.42 Å². The van der Waals surface area contributed by atoms with E-state index < -0.39 is 0 Å². The van der Waals surface area contributed by atoms with Crippen LogP contribution >= 0.6 is 23.2 Å². The maximum absolute atomic E-state index is 9.41. The van der Waals surface area contributed by atoms with Crippen molar-refractivity contribution in [3.05, 3.63) is 33.8 Å². The first-order valence-corrected chi connectivity index (χ1v) is 6.47. The van der Waals surface area contributed by atoms with Crippen molar-refractivity contribution in [2.75, 3.05) is 13.1 Å². The smallest absolute Gasteiger partial charge is 0.0694 e. The van der Waals surface area contributed by atoms with Crippen LogP contribution in [0.5, 0.6) is 0 Å². The van der Waals surface area contributed by atoms with Crippen LogP contribution in [-0.4, -0.2) is 13.1 Å². The van der Waals surface area contributed by atoms with Crippen molar-refractivity contribution >= 4 is 23.2 Å². The zero-order valence-corrected chi connectivity index (χ0v) is 11.0. The Kier molecular flexibility index (Phi) is 3.93. The molecule has 17 heavy (non-hydrogen) atoms. The molecule has 1 saturated heterocycles. The van der Waals surface area contributed by atoms with Gasteiger partial charge in [-0.3, -0.25) is 0 Å². The normalized spacial score (nSPS) is 18.6. The predicted octanol–water partition coefficient (Wildman–Crippen LogP) is 3.43. The van der Waals surface area contributed by atoms with E-state index in [1.54, 1.807) is 12.1 Å². The summed E-state index contributed by atoms with van der Waals surface area (Å²) in [4.78, 5) is 0. The van der Waals surface area contributed by atoms with Crippen LogP contribution in [0.4, 0.5) is 0 Å². The van der Waals surface area contributed by atoms with Crippen molar-refractivity contribution in [1.29, 1.82) is 5.26 Å². The second-order valence-corrected chi connectivity index (χ2v) is 5.40. The molecule has 0 saturated carbocycles. The second-order valence-electron chi connectivity index (χ2n) is 4.55. The molecule has 0 aromatic heterocycles. The third-order valence-electron chi connectivity index (χ3n) is 3.33. The Morgan fingerprint density at radius 1 is 1.29 bits per heavy atom. The Hall–Kier alpha value is -0.750. The average Bonchev–Trinajstić information content (AvgIpc) is 2.35. The van der Waals surface area contributed by atoms with Crippen molar-refractivity contribution in [2.24, 2.45) is 5.41 Å². The predicted molar refractivity (Wildman–Crippen MR) is 70.3 cm³/mol. The highest BCUT2D eigenvalue weighted by atomic mass is 35.5. The summed E-state index contributed by atoms with van der Waals surface area (Å²) in [6.45, 7) is 1.79. The van der Waals surface area contributed by atoms with Gasteiger partial charge in [-0.15, -0.1) is 0 Å². The monoisotopic (exact) mass is 268 g/mol. The van der Waals surface area contributed by atoms with E-state index in [9.17, 15) is 5.26 Å². The van der Waals surface area contributed by atoms with Gasteiger partial charge in [0.25, 0.3) is 0 Å². The first-order valence-electron chi connectivity index (χ1n) is 5.71. The van der Waals surface area contributed by atoms with Crippen LogP contribution in [0.3, 0.4) is 0 Å². The molecule has 1 aromatic rings. The number of nitriles is 1. The lowest BCUT2D eigenvalue weighted by Gasteiger charge is -2.31. The number of piperidine rings is 1. The molecule has 1 heterocycles. The Morgan fingerprint density at radius 3 is 2.65 bits per heavy atom. The Morgan fingerprint density at radius 2 is 2.00 bits per heavy atom. The van der Waals surface area contributed by atoms with E-state index in [0.717, 1.165) is 31.5 Å². The molecular weight excluding hydrogens is 255 g/mol. The molecule has 0 radical (unpaired) electrons. The highest BCUT2D eigenvalue weighted by Crippen LogP contribution is 2.35. The molecule has 90 valence electrons. The van der Waals surface area contributed by atoms with Crippen molar-refractivity contribution in [3.8, 4) is 6.07 Å². The fraction of sp³-hybridized carbons (Fsp3) is 0.462. The molecule has 1 fully saturated rings. The minimum atomic E-state index is -0.292. The van der Waals surface area contributed by atoms with Crippen LogP contribution in [0, 0.1) is 16.7 Å². The molecule has 1 aromatic carbocycles. The average molecular weight is 269 g/mol. The fourth-order valence-electron chi connectivity index (χ4n) is 2.28. The molecule has 0 amide bonds. The van der Waals surface area contributed by atoms with Crippen LogP contribution in [0.2, 0.25) is 10.0 Å². The van der Waals surface area contributed by atoms with Crippen LogP contribution in [0.1, 0.15) is 18.4 Å². The zero-order valence-electron chi connectivity index (χ0n) is 9.47. The van der Waals surface area contributed by atoms with Gasteiger partial charge < -0.3 is 5.32 Å². The van der Waals surface area contributed by atoms with Gasteiger partial charge in [0.15, 0.2) is 0 Å². The summed E-state index contributed by atoms with van der Waals surface area (Å²) < 4.78 is 0. The largest absolute Gasteiger partial charge is 0.317 e. The molecule has 2 rings (SSSR count). The van der Waals surface area contributed by atoms with Crippen molar-refractivity contribution < 1.29 is 0 Å². The molecule has 2 nitrogen and oxygen atoms in total. The van der Waals surface area contributed by atoms with Gasteiger partial charge in [-0.25, -0.2) is 0 Å². The minimum Gasteiger partial charge on any atom is -0.317 e. The number of rotatable bonds is 2. The highest BCUT2D eigenvalue weighted by Gasteiger charge is 2.32. The number of hydrogen-bond donors (Lipinski definition) is 1. The van der Waals surface area contributed by atoms with Crippen LogP contribution in [0.25, 0.3) is 0 Å². The summed E-state index contributed by atoms with van der Waals surface area (Å²) in [6, 6.07) is 7.91. The lowest BCUT2D eigenvalue weighted by Crippen LogP contribution is -2.37. The molecular formula is C13H14Cl2N2. The Labute approximate surface area is 112 Å². The lowest BCUT2D eigenvalue weighted by molar-refractivity contribution is 0.280. The van der Waals surface area contributed by atoms with Gasteiger partial charge in [-0.05, 0) is 56.1 Å². The second kappa shape index (κ2) is 5.27. The standard InChI is InChI=1S/C13H14Cl2N2/c14-11-1-2-12(15)10(7-11)8-13(9-16)3-5-17-6-4-13/h1-2,7,17H,3-6,8H2. The van der Waals surface area contributed by atoms with Gasteiger partial charge in [-0.1, -0.05) is 23.2 Å². The number of halogens is 2. The van der Waals surface area contributed by atoms with E-state index in [2.05, 4.69) is 11.4 Å². The summed E-state index contributed by atoms with van der Waals surface area (Å²) in [5.74, 6) is 0. The quantitative estimate of drug-likeness (QED) is 0.892. The molecule has 4 heteroatoms. The Balaban J connectivity index is 2.23. The molecule has 0 bridgehead atoms. The topological polar surface area (TPSA) is 35.8 Å². The first-order chi connectivity index (χ1) is 8.15. The number of benzene rings is 1. The van der Waals surface area contributed by atoms with Crippen molar-refractivity contribution in [1.82, 2.24) is 5.32 Å². The summed E-state index contributed by atoms with van der Waals surface area (Å²) in [7, 11) is 0. The molecule has 0 atom stereocenters. The fourth-order valence-corrected chi connectivity index (χ4v) is 2.66. The van der Waals surface area contributed by atoms with E-state index in [-0.39, 0.29) is 5.41 Å². The third kappa shape index (κ3) is 2.93. The summed E-state index contributed by atoms with van der Waals surface area (Å²) in [6.07, 6.45) is 2.42. The van der Waals surface area contributed by atoms with Gasteiger partial charge in [0.05, 0.1) is 11.5 Å². The maximum Gasteiger partial charge on any atom is 0.0694 e. The minimum absolute atomic E-state index is 0.292. The van der Waals surface area contributed by atoms with Gasteiger partial charge in [0, 0.05) is 10.0 Å². The van der Waals surface area contributed by atoms with Gasteiger partial charge in [0.1, 0.15) is 0 Å². The zero-order chi connectivity index (χ0) is 12.3.